The van der Waals surface area contributed by atoms with Crippen LogP contribution in [0.5, 0.6) is 0 Å². The summed E-state index contributed by atoms with van der Waals surface area (Å²) in [5, 5.41) is 1.89. The molecule has 4 rings (SSSR count). The number of rotatable bonds is 7. The summed E-state index contributed by atoms with van der Waals surface area (Å²) in [6, 6.07) is 4.35. The minimum absolute atomic E-state index is 0.0216. The number of thiophene rings is 1. The van der Waals surface area contributed by atoms with Crippen molar-refractivity contribution in [2.75, 3.05) is 24.6 Å². The van der Waals surface area contributed by atoms with E-state index in [0.29, 0.717) is 29.0 Å². The molecule has 4 amide bonds. The predicted molar refractivity (Wildman–Crippen MR) is 117 cm³/mol. The van der Waals surface area contributed by atoms with Crippen LogP contribution in [-0.2, 0) is 25.8 Å². The van der Waals surface area contributed by atoms with Gasteiger partial charge in [-0.25, -0.2) is 18.1 Å². The third-order valence-electron chi connectivity index (χ3n) is 5.96. The molecule has 170 valence electrons. The first kappa shape index (κ1) is 22.4. The summed E-state index contributed by atoms with van der Waals surface area (Å²) in [4.78, 5) is 52.9. The van der Waals surface area contributed by atoms with Crippen molar-refractivity contribution in [3.63, 3.8) is 0 Å². The van der Waals surface area contributed by atoms with E-state index < -0.39 is 40.0 Å². The molecule has 11 heteroatoms. The number of hydrogen-bond acceptors (Lipinski definition) is 7. The van der Waals surface area contributed by atoms with E-state index in [0.717, 1.165) is 15.5 Å². The Balaban J connectivity index is 1.49. The Bertz CT molecular complexity index is 1210. The van der Waals surface area contributed by atoms with Gasteiger partial charge in [-0.3, -0.25) is 19.3 Å². The Morgan fingerprint density at radius 2 is 1.88 bits per heavy atom. The van der Waals surface area contributed by atoms with Crippen molar-refractivity contribution >= 4 is 44.8 Å². The average molecular weight is 478 g/mol. The lowest BCUT2D eigenvalue weighted by atomic mass is 10.1. The first-order valence-electron chi connectivity index (χ1n) is 10.2. The molecular weight excluding hydrogens is 454 g/mol. The highest BCUT2D eigenvalue weighted by molar-refractivity contribution is 7.91. The van der Waals surface area contributed by atoms with Crippen molar-refractivity contribution < 1.29 is 27.6 Å². The van der Waals surface area contributed by atoms with Gasteiger partial charge in [0.25, 0.3) is 0 Å². The molecule has 2 fully saturated rings. The third kappa shape index (κ3) is 4.02. The van der Waals surface area contributed by atoms with Gasteiger partial charge in [0.1, 0.15) is 0 Å². The van der Waals surface area contributed by atoms with Crippen LogP contribution in [0.25, 0.3) is 0 Å². The highest BCUT2D eigenvalue weighted by Gasteiger charge is 2.45. The van der Waals surface area contributed by atoms with Crippen molar-refractivity contribution in [2.45, 2.75) is 32.7 Å². The predicted octanol–water partition coefficient (Wildman–Crippen LogP) is 1.74. The summed E-state index contributed by atoms with van der Waals surface area (Å²) in [6.45, 7) is 3.04. The van der Waals surface area contributed by atoms with Crippen molar-refractivity contribution in [1.29, 1.82) is 0 Å². The molecule has 2 saturated heterocycles. The van der Waals surface area contributed by atoms with Crippen LogP contribution in [0.2, 0.25) is 0 Å². The van der Waals surface area contributed by atoms with Gasteiger partial charge >= 0.3 is 17.8 Å². The van der Waals surface area contributed by atoms with Crippen molar-refractivity contribution in [3.8, 4) is 0 Å². The molecule has 4 heterocycles. The zero-order valence-corrected chi connectivity index (χ0v) is 19.4. The smallest absolute Gasteiger partial charge is 0.334 e. The number of aryl methyl sites for hydroxylation is 1. The Kier molecular flexibility index (Phi) is 5.80. The summed E-state index contributed by atoms with van der Waals surface area (Å²) < 4.78 is 25.6. The van der Waals surface area contributed by atoms with Crippen molar-refractivity contribution in [2.24, 2.45) is 0 Å². The molecule has 0 N–H and O–H groups in total. The molecule has 2 aromatic rings. The molecule has 0 aromatic carbocycles. The fourth-order valence-electron chi connectivity index (χ4n) is 4.39. The summed E-state index contributed by atoms with van der Waals surface area (Å²) in [6.07, 6.45) is 0.915. The lowest BCUT2D eigenvalue weighted by Gasteiger charge is -2.17. The van der Waals surface area contributed by atoms with E-state index in [1.807, 2.05) is 22.1 Å². The number of hydrogen-bond donors (Lipinski definition) is 0. The average Bonchev–Trinajstić information content (AvgIpc) is 3.47. The second kappa shape index (κ2) is 8.28. The fourth-order valence-corrected chi connectivity index (χ4v) is 6.79. The number of ketones is 1. The number of aromatic nitrogens is 1. The number of Topliss-reactive ketones (excluding diaryl/α,β-unsaturated/α-hetero) is 1. The van der Waals surface area contributed by atoms with Gasteiger partial charge in [0.2, 0.25) is 0 Å². The van der Waals surface area contributed by atoms with Crippen molar-refractivity contribution in [3.05, 3.63) is 45.4 Å². The second-order valence-electron chi connectivity index (χ2n) is 8.09. The lowest BCUT2D eigenvalue weighted by molar-refractivity contribution is -0.143. The maximum atomic E-state index is 13.0. The molecular formula is C21H23N3O6S2. The van der Waals surface area contributed by atoms with E-state index in [9.17, 15) is 27.6 Å². The molecule has 1 atom stereocenters. The van der Waals surface area contributed by atoms with E-state index >= 15 is 0 Å². The van der Waals surface area contributed by atoms with Crippen molar-refractivity contribution in [1.82, 2.24) is 14.4 Å². The van der Waals surface area contributed by atoms with Gasteiger partial charge in [0.15, 0.2) is 15.6 Å². The molecule has 2 aliphatic heterocycles. The van der Waals surface area contributed by atoms with Crippen LogP contribution in [-0.4, -0.2) is 71.0 Å². The lowest BCUT2D eigenvalue weighted by Crippen LogP contribution is -2.37. The monoisotopic (exact) mass is 477 g/mol. The highest BCUT2D eigenvalue weighted by atomic mass is 32.2. The van der Waals surface area contributed by atoms with Crippen LogP contribution in [0.4, 0.5) is 4.79 Å². The normalized spacial score (nSPS) is 20.6. The summed E-state index contributed by atoms with van der Waals surface area (Å²) in [7, 11) is -3.10. The van der Waals surface area contributed by atoms with Gasteiger partial charge < -0.3 is 4.57 Å². The number of imide groups is 2. The maximum Gasteiger partial charge on any atom is 0.334 e. The summed E-state index contributed by atoms with van der Waals surface area (Å²) in [5.74, 6) is -2.28. The number of carbonyl (C=O) groups is 4. The number of sulfone groups is 1. The number of urea groups is 1. The molecule has 0 unspecified atom stereocenters. The Morgan fingerprint density at radius 3 is 2.50 bits per heavy atom. The van der Waals surface area contributed by atoms with E-state index in [-0.39, 0.29) is 24.1 Å². The van der Waals surface area contributed by atoms with Crippen LogP contribution < -0.4 is 0 Å². The standard InChI is InChI=1S/C21H23N3O6S2/c1-13-10-17(14(2)24(13)15-6-9-32(29,30)12-15)18(25)11-23-20(27)19(26)22(21(23)28)7-5-16-4-3-8-31-16/h3-4,8,10,15H,5-7,9,11-12H2,1-2H3/t15-/m1/s1. The zero-order chi connectivity index (χ0) is 23.2. The molecule has 32 heavy (non-hydrogen) atoms. The molecule has 2 aliphatic rings. The molecule has 0 aliphatic carbocycles. The fraction of sp³-hybridized carbons (Fsp3) is 0.429. The van der Waals surface area contributed by atoms with Crippen LogP contribution in [0.15, 0.2) is 23.6 Å². The zero-order valence-electron chi connectivity index (χ0n) is 17.7. The highest BCUT2D eigenvalue weighted by Crippen LogP contribution is 2.29. The largest absolute Gasteiger partial charge is 0.344 e. The molecule has 9 nitrogen and oxygen atoms in total. The minimum Gasteiger partial charge on any atom is -0.344 e. The van der Waals surface area contributed by atoms with Gasteiger partial charge in [0.05, 0.1) is 18.1 Å². The van der Waals surface area contributed by atoms with Gasteiger partial charge in [-0.15, -0.1) is 11.3 Å². The van der Waals surface area contributed by atoms with Gasteiger partial charge in [0, 0.05) is 40.8 Å². The van der Waals surface area contributed by atoms with Crippen LogP contribution in [0.3, 0.4) is 0 Å². The first-order chi connectivity index (χ1) is 15.1. The van der Waals surface area contributed by atoms with Gasteiger partial charge in [-0.2, -0.15) is 0 Å². The first-order valence-corrected chi connectivity index (χ1v) is 12.9. The molecule has 0 spiro atoms. The minimum atomic E-state index is -3.10. The van der Waals surface area contributed by atoms with E-state index in [1.165, 1.54) is 11.3 Å². The van der Waals surface area contributed by atoms with Gasteiger partial charge in [-0.05, 0) is 37.8 Å². The number of amides is 4. The van der Waals surface area contributed by atoms with E-state index in [4.69, 9.17) is 0 Å². The molecule has 2 aromatic heterocycles. The topological polar surface area (TPSA) is 114 Å². The number of carbonyl (C=O) groups excluding carboxylic acids is 4. The number of nitrogens with zero attached hydrogens (tertiary/aromatic N) is 3. The van der Waals surface area contributed by atoms with Crippen LogP contribution >= 0.6 is 11.3 Å². The second-order valence-corrected chi connectivity index (χ2v) is 11.4. The van der Waals surface area contributed by atoms with Crippen LogP contribution in [0, 0.1) is 13.8 Å². The molecule has 0 saturated carbocycles. The maximum absolute atomic E-state index is 13.0. The van der Waals surface area contributed by atoms with E-state index in [1.54, 1.807) is 19.9 Å². The Morgan fingerprint density at radius 1 is 1.16 bits per heavy atom. The Labute approximate surface area is 189 Å². The third-order valence-corrected chi connectivity index (χ3v) is 8.64. The van der Waals surface area contributed by atoms with Gasteiger partial charge in [-0.1, -0.05) is 6.07 Å². The summed E-state index contributed by atoms with van der Waals surface area (Å²) in [5.41, 5.74) is 1.65. The molecule has 0 bridgehead atoms. The quantitative estimate of drug-likeness (QED) is 0.341. The summed E-state index contributed by atoms with van der Waals surface area (Å²) >= 11 is 1.49. The Hall–Kier alpha value is -2.79. The SMILES string of the molecule is Cc1cc(C(=O)CN2C(=O)C(=O)N(CCc3cccs3)C2=O)c(C)n1[C@@H]1CCS(=O)(=O)C1. The van der Waals surface area contributed by atoms with Crippen LogP contribution in [0.1, 0.15) is 39.1 Å². The van der Waals surface area contributed by atoms with E-state index in [2.05, 4.69) is 0 Å². The molecule has 0 radical (unpaired) electrons.